The van der Waals surface area contributed by atoms with Crippen LogP contribution in [0.3, 0.4) is 0 Å². The van der Waals surface area contributed by atoms with Crippen LogP contribution in [0, 0.1) is 0 Å². The predicted molar refractivity (Wildman–Crippen MR) is 83.0 cm³/mol. The molecule has 0 radical (unpaired) electrons. The van der Waals surface area contributed by atoms with Crippen LogP contribution >= 0.6 is 0 Å². The maximum absolute atomic E-state index is 12.6. The molecule has 3 aromatic rings. The van der Waals surface area contributed by atoms with Crippen LogP contribution in [0.25, 0.3) is 10.9 Å². The van der Waals surface area contributed by atoms with Gasteiger partial charge in [-0.3, -0.25) is 4.98 Å². The molecule has 2 aromatic carbocycles. The number of fused-ring (bicyclic) bond motifs is 1. The minimum Gasteiger partial charge on any atom is -0.478 e. The van der Waals surface area contributed by atoms with Crippen molar-refractivity contribution in [2.45, 2.75) is 12.6 Å². The van der Waals surface area contributed by atoms with Gasteiger partial charge in [0.05, 0.1) is 16.6 Å². The molecule has 3 nitrogen and oxygen atoms in total. The molecule has 1 heterocycles. The van der Waals surface area contributed by atoms with Gasteiger partial charge in [0.15, 0.2) is 0 Å². The van der Waals surface area contributed by atoms with Crippen molar-refractivity contribution in [3.63, 3.8) is 0 Å². The molecule has 1 aromatic heterocycles. The van der Waals surface area contributed by atoms with Crippen molar-refractivity contribution in [3.8, 4) is 0 Å². The fourth-order valence-corrected chi connectivity index (χ4v) is 2.52. The molecule has 0 fully saturated rings. The van der Waals surface area contributed by atoms with E-state index < -0.39 is 17.7 Å². The van der Waals surface area contributed by atoms with Gasteiger partial charge in [0, 0.05) is 11.6 Å². The Morgan fingerprint density at radius 2 is 1.75 bits per heavy atom. The van der Waals surface area contributed by atoms with E-state index in [1.807, 2.05) is 0 Å². The molecular formula is C18H12F3NO2. The summed E-state index contributed by atoms with van der Waals surface area (Å²) in [5.74, 6) is -1.04. The lowest BCUT2D eigenvalue weighted by atomic mass is 9.99. The molecule has 122 valence electrons. The zero-order valence-corrected chi connectivity index (χ0v) is 12.3. The third-order valence-electron chi connectivity index (χ3n) is 3.75. The van der Waals surface area contributed by atoms with E-state index in [1.54, 1.807) is 18.3 Å². The van der Waals surface area contributed by atoms with Gasteiger partial charge >= 0.3 is 12.1 Å². The standard InChI is InChI=1S/C18H12F3NO2/c19-18(20,21)14-4-1-11(2-5-14)9-12-7-8-22-16-6-3-13(17(23)24)10-15(12)16/h1-8,10H,9H2,(H,23,24). The van der Waals surface area contributed by atoms with Crippen LogP contribution in [0.2, 0.25) is 0 Å². The average molecular weight is 331 g/mol. The van der Waals surface area contributed by atoms with Gasteiger partial charge in [0.2, 0.25) is 0 Å². The lowest BCUT2D eigenvalue weighted by Gasteiger charge is -2.09. The monoisotopic (exact) mass is 331 g/mol. The number of pyridine rings is 1. The summed E-state index contributed by atoms with van der Waals surface area (Å²) in [6.07, 6.45) is -2.37. The Hall–Kier alpha value is -2.89. The molecule has 0 spiro atoms. The summed E-state index contributed by atoms with van der Waals surface area (Å²) in [5.41, 5.74) is 1.60. The number of benzene rings is 2. The maximum Gasteiger partial charge on any atom is 0.416 e. The van der Waals surface area contributed by atoms with Crippen LogP contribution in [-0.4, -0.2) is 16.1 Å². The molecule has 3 rings (SSSR count). The minimum atomic E-state index is -4.36. The van der Waals surface area contributed by atoms with Crippen molar-refractivity contribution < 1.29 is 23.1 Å². The minimum absolute atomic E-state index is 0.143. The molecule has 0 bridgehead atoms. The number of aromatic nitrogens is 1. The Morgan fingerprint density at radius 3 is 2.38 bits per heavy atom. The van der Waals surface area contributed by atoms with Gasteiger partial charge < -0.3 is 5.11 Å². The van der Waals surface area contributed by atoms with Crippen LogP contribution in [0.4, 0.5) is 13.2 Å². The van der Waals surface area contributed by atoms with Crippen molar-refractivity contribution in [2.24, 2.45) is 0 Å². The van der Waals surface area contributed by atoms with Crippen LogP contribution < -0.4 is 0 Å². The number of hydrogen-bond donors (Lipinski definition) is 1. The Kier molecular flexibility index (Phi) is 3.97. The number of rotatable bonds is 3. The first kappa shape index (κ1) is 16.0. The Morgan fingerprint density at radius 1 is 1.04 bits per heavy atom. The molecule has 24 heavy (non-hydrogen) atoms. The second-order valence-electron chi connectivity index (χ2n) is 5.38. The highest BCUT2D eigenvalue weighted by Crippen LogP contribution is 2.29. The van der Waals surface area contributed by atoms with Crippen molar-refractivity contribution in [1.82, 2.24) is 4.98 Å². The first-order chi connectivity index (χ1) is 11.3. The molecule has 0 aliphatic rings. The first-order valence-electron chi connectivity index (χ1n) is 7.11. The van der Waals surface area contributed by atoms with E-state index in [4.69, 9.17) is 5.11 Å². The third kappa shape index (κ3) is 3.22. The van der Waals surface area contributed by atoms with E-state index in [0.29, 0.717) is 22.9 Å². The average Bonchev–Trinajstić information content (AvgIpc) is 2.54. The van der Waals surface area contributed by atoms with E-state index in [-0.39, 0.29) is 5.56 Å². The number of carboxylic acids is 1. The zero-order valence-electron chi connectivity index (χ0n) is 12.3. The number of hydrogen-bond acceptors (Lipinski definition) is 2. The summed E-state index contributed by atoms with van der Waals surface area (Å²) in [6.45, 7) is 0. The summed E-state index contributed by atoms with van der Waals surface area (Å²) in [7, 11) is 0. The van der Waals surface area contributed by atoms with Crippen LogP contribution in [0.1, 0.15) is 27.0 Å². The smallest absolute Gasteiger partial charge is 0.416 e. The summed E-state index contributed by atoms with van der Waals surface area (Å²) in [5, 5.41) is 9.78. The Balaban J connectivity index is 1.97. The number of halogens is 3. The van der Waals surface area contributed by atoms with Gasteiger partial charge in [-0.2, -0.15) is 13.2 Å². The van der Waals surface area contributed by atoms with Crippen LogP contribution in [0.5, 0.6) is 0 Å². The van der Waals surface area contributed by atoms with Crippen molar-refractivity contribution >= 4 is 16.9 Å². The Bertz CT molecular complexity index is 902. The molecule has 0 unspecified atom stereocenters. The second kappa shape index (κ2) is 5.96. The van der Waals surface area contributed by atoms with Gasteiger partial charge in [0.1, 0.15) is 0 Å². The Labute approximate surface area is 135 Å². The summed E-state index contributed by atoms with van der Waals surface area (Å²) < 4.78 is 37.8. The predicted octanol–water partition coefficient (Wildman–Crippen LogP) is 4.54. The summed E-state index contributed by atoms with van der Waals surface area (Å²) in [6, 6.07) is 11.3. The number of carbonyl (C=O) groups is 1. The van der Waals surface area contributed by atoms with Crippen molar-refractivity contribution in [1.29, 1.82) is 0 Å². The van der Waals surface area contributed by atoms with Crippen LogP contribution in [-0.2, 0) is 12.6 Å². The lowest BCUT2D eigenvalue weighted by molar-refractivity contribution is -0.137. The largest absolute Gasteiger partial charge is 0.478 e. The highest BCUT2D eigenvalue weighted by Gasteiger charge is 2.29. The van der Waals surface area contributed by atoms with E-state index in [1.165, 1.54) is 24.3 Å². The molecule has 0 aliphatic heterocycles. The highest BCUT2D eigenvalue weighted by molar-refractivity contribution is 5.94. The molecular weight excluding hydrogens is 319 g/mol. The number of carboxylic acid groups (broad SMARTS) is 1. The van der Waals surface area contributed by atoms with Gasteiger partial charge in [-0.15, -0.1) is 0 Å². The molecule has 0 saturated carbocycles. The fraction of sp³-hybridized carbons (Fsp3) is 0.111. The van der Waals surface area contributed by atoms with E-state index in [0.717, 1.165) is 17.7 Å². The normalized spacial score (nSPS) is 11.6. The van der Waals surface area contributed by atoms with Crippen molar-refractivity contribution in [2.75, 3.05) is 0 Å². The quantitative estimate of drug-likeness (QED) is 0.766. The van der Waals surface area contributed by atoms with E-state index >= 15 is 0 Å². The summed E-state index contributed by atoms with van der Waals surface area (Å²) >= 11 is 0. The lowest BCUT2D eigenvalue weighted by Crippen LogP contribution is -2.04. The first-order valence-corrected chi connectivity index (χ1v) is 7.11. The van der Waals surface area contributed by atoms with E-state index in [2.05, 4.69) is 4.98 Å². The van der Waals surface area contributed by atoms with Gasteiger partial charge in [-0.25, -0.2) is 4.79 Å². The van der Waals surface area contributed by atoms with Crippen molar-refractivity contribution in [3.05, 3.63) is 77.0 Å². The highest BCUT2D eigenvalue weighted by atomic mass is 19.4. The molecule has 1 N–H and O–H groups in total. The molecule has 0 atom stereocenters. The van der Waals surface area contributed by atoms with Gasteiger partial charge in [-0.05, 0) is 53.9 Å². The zero-order chi connectivity index (χ0) is 17.3. The topological polar surface area (TPSA) is 50.2 Å². The SMILES string of the molecule is O=C(O)c1ccc2nccc(Cc3ccc(C(F)(F)F)cc3)c2c1. The number of nitrogens with zero attached hydrogens (tertiary/aromatic N) is 1. The molecule has 6 heteroatoms. The fourth-order valence-electron chi connectivity index (χ4n) is 2.52. The van der Waals surface area contributed by atoms with Crippen LogP contribution in [0.15, 0.2) is 54.7 Å². The molecule has 0 saturated heterocycles. The third-order valence-corrected chi connectivity index (χ3v) is 3.75. The number of alkyl halides is 3. The maximum atomic E-state index is 12.6. The van der Waals surface area contributed by atoms with Gasteiger partial charge in [0.25, 0.3) is 0 Å². The molecule has 0 amide bonds. The van der Waals surface area contributed by atoms with Gasteiger partial charge in [-0.1, -0.05) is 12.1 Å². The van der Waals surface area contributed by atoms with E-state index in [9.17, 15) is 18.0 Å². The molecule has 0 aliphatic carbocycles. The number of aromatic carboxylic acids is 1. The summed E-state index contributed by atoms with van der Waals surface area (Å²) in [4.78, 5) is 15.3. The second-order valence-corrected chi connectivity index (χ2v) is 5.38.